The molecule has 0 radical (unpaired) electrons. The van der Waals surface area contributed by atoms with Gasteiger partial charge in [-0.1, -0.05) is 19.1 Å². The first kappa shape index (κ1) is 11.2. The number of hydrogen-bond acceptors (Lipinski definition) is 2. The maximum atomic E-state index is 8.86. The zero-order valence-electron chi connectivity index (χ0n) is 9.95. The van der Waals surface area contributed by atoms with E-state index in [1.807, 2.05) is 0 Å². The van der Waals surface area contributed by atoms with E-state index in [0.717, 1.165) is 30.7 Å². The lowest BCUT2D eigenvalue weighted by Gasteiger charge is -2.37. The van der Waals surface area contributed by atoms with Gasteiger partial charge in [0.05, 0.1) is 0 Å². The lowest BCUT2D eigenvalue weighted by molar-refractivity contribution is 0.165. The summed E-state index contributed by atoms with van der Waals surface area (Å²) in [5, 5.41) is 8.86. The summed E-state index contributed by atoms with van der Waals surface area (Å²) in [6, 6.07) is 0.556. The van der Waals surface area contributed by atoms with E-state index in [9.17, 15) is 0 Å². The van der Waals surface area contributed by atoms with E-state index in [-0.39, 0.29) is 0 Å². The van der Waals surface area contributed by atoms with Crippen LogP contribution in [0.25, 0.3) is 0 Å². The Bertz CT molecular complexity index is 251. The predicted octanol–water partition coefficient (Wildman–Crippen LogP) is 1.90. The van der Waals surface area contributed by atoms with E-state index in [0.29, 0.717) is 12.6 Å². The van der Waals surface area contributed by atoms with E-state index in [1.54, 1.807) is 0 Å². The third-order valence-corrected chi connectivity index (χ3v) is 4.14. The molecule has 0 spiro atoms. The minimum Gasteiger partial charge on any atom is -0.396 e. The van der Waals surface area contributed by atoms with E-state index < -0.39 is 0 Å². The van der Waals surface area contributed by atoms with E-state index in [2.05, 4.69) is 25.5 Å². The topological polar surface area (TPSA) is 23.5 Å². The van der Waals surface area contributed by atoms with Crippen LogP contribution in [0.15, 0.2) is 12.2 Å². The Morgan fingerprint density at radius 1 is 1.47 bits per heavy atom. The second-order valence-corrected chi connectivity index (χ2v) is 5.39. The summed E-state index contributed by atoms with van der Waals surface area (Å²) in [6.45, 7) is 7.92. The predicted molar refractivity (Wildman–Crippen MR) is 62.6 cm³/mol. The van der Waals surface area contributed by atoms with Gasteiger partial charge in [0, 0.05) is 19.2 Å². The highest BCUT2D eigenvalue weighted by Gasteiger charge is 2.48. The summed E-state index contributed by atoms with van der Waals surface area (Å²) in [5.41, 5.74) is 1.46. The molecule has 15 heavy (non-hydrogen) atoms. The normalized spacial score (nSPS) is 39.3. The van der Waals surface area contributed by atoms with Crippen LogP contribution in [0.1, 0.15) is 26.2 Å². The minimum absolute atomic E-state index is 0.296. The largest absolute Gasteiger partial charge is 0.396 e. The number of aliphatic hydroxyl groups excluding tert-OH is 1. The lowest BCUT2D eigenvalue weighted by atomic mass is 9.82. The quantitative estimate of drug-likeness (QED) is 0.715. The molecule has 0 amide bonds. The monoisotopic (exact) mass is 209 g/mol. The number of hydrogen-bond donors (Lipinski definition) is 1. The van der Waals surface area contributed by atoms with Crippen LogP contribution >= 0.6 is 0 Å². The molecule has 2 aliphatic rings. The van der Waals surface area contributed by atoms with Gasteiger partial charge in [-0.05, 0) is 44.1 Å². The molecule has 2 nitrogen and oxygen atoms in total. The number of fused-ring (bicyclic) bond motifs is 1. The Morgan fingerprint density at radius 2 is 2.20 bits per heavy atom. The SMILES string of the molecule is C=C1C(N(C)CCCO)[C@H](C)C[C@@H]2C[C@H]12. The molecule has 2 heteroatoms. The molecule has 4 atom stereocenters. The molecule has 2 rings (SSSR count). The molecule has 2 saturated carbocycles. The average Bonchev–Trinajstić information content (AvgIpc) is 2.93. The van der Waals surface area contributed by atoms with Gasteiger partial charge in [-0.25, -0.2) is 0 Å². The van der Waals surface area contributed by atoms with Crippen molar-refractivity contribution in [2.24, 2.45) is 17.8 Å². The number of aliphatic hydroxyl groups is 1. The van der Waals surface area contributed by atoms with Crippen molar-refractivity contribution in [1.82, 2.24) is 4.90 Å². The molecule has 2 fully saturated rings. The minimum atomic E-state index is 0.296. The van der Waals surface area contributed by atoms with Gasteiger partial charge in [0.25, 0.3) is 0 Å². The first-order chi connectivity index (χ1) is 7.15. The molecule has 0 saturated heterocycles. The Hall–Kier alpha value is -0.340. The molecule has 1 unspecified atom stereocenters. The summed E-state index contributed by atoms with van der Waals surface area (Å²) in [6.07, 6.45) is 3.63. The molecule has 0 heterocycles. The van der Waals surface area contributed by atoms with Crippen molar-refractivity contribution in [1.29, 1.82) is 0 Å². The van der Waals surface area contributed by atoms with Crippen LogP contribution in [0.2, 0.25) is 0 Å². The van der Waals surface area contributed by atoms with Crippen LogP contribution in [0.4, 0.5) is 0 Å². The average molecular weight is 209 g/mol. The maximum absolute atomic E-state index is 8.86. The number of rotatable bonds is 4. The van der Waals surface area contributed by atoms with Crippen molar-refractivity contribution in [2.75, 3.05) is 20.2 Å². The summed E-state index contributed by atoms with van der Waals surface area (Å²) in [7, 11) is 2.17. The second kappa shape index (κ2) is 4.26. The van der Waals surface area contributed by atoms with Crippen molar-refractivity contribution >= 4 is 0 Å². The number of nitrogens with zero attached hydrogens (tertiary/aromatic N) is 1. The third kappa shape index (κ3) is 2.11. The molecule has 0 aromatic rings. The zero-order valence-corrected chi connectivity index (χ0v) is 9.95. The van der Waals surface area contributed by atoms with Crippen molar-refractivity contribution in [3.63, 3.8) is 0 Å². The van der Waals surface area contributed by atoms with E-state index in [1.165, 1.54) is 18.4 Å². The van der Waals surface area contributed by atoms with E-state index >= 15 is 0 Å². The fraction of sp³-hybridized carbons (Fsp3) is 0.846. The van der Waals surface area contributed by atoms with Crippen LogP contribution in [-0.4, -0.2) is 36.2 Å². The fourth-order valence-electron chi connectivity index (χ4n) is 3.33. The summed E-state index contributed by atoms with van der Waals surface area (Å²) in [4.78, 5) is 2.39. The van der Waals surface area contributed by atoms with Crippen LogP contribution in [-0.2, 0) is 0 Å². The highest BCUT2D eigenvalue weighted by molar-refractivity contribution is 5.23. The molecule has 1 N–H and O–H groups in total. The Morgan fingerprint density at radius 3 is 2.87 bits per heavy atom. The van der Waals surface area contributed by atoms with Crippen molar-refractivity contribution in [2.45, 2.75) is 32.2 Å². The van der Waals surface area contributed by atoms with Crippen LogP contribution in [0.3, 0.4) is 0 Å². The Kier molecular flexibility index (Phi) is 3.17. The van der Waals surface area contributed by atoms with Crippen LogP contribution < -0.4 is 0 Å². The van der Waals surface area contributed by atoms with Gasteiger partial charge in [0.1, 0.15) is 0 Å². The molecular formula is C13H23NO. The summed E-state index contributed by atoms with van der Waals surface area (Å²) in [5.74, 6) is 2.52. The lowest BCUT2D eigenvalue weighted by Crippen LogP contribution is -2.41. The standard InChI is InChI=1S/C13H23NO/c1-9-7-11-8-12(11)10(2)13(9)14(3)5-4-6-15/h9,11-13,15H,2,4-8H2,1,3H3/t9-,11-,12-,13?/m1/s1. The molecular weight excluding hydrogens is 186 g/mol. The van der Waals surface area contributed by atoms with Gasteiger partial charge in [-0.15, -0.1) is 0 Å². The van der Waals surface area contributed by atoms with Crippen molar-refractivity contribution in [3.05, 3.63) is 12.2 Å². The molecule has 0 aliphatic heterocycles. The van der Waals surface area contributed by atoms with Gasteiger partial charge in [0.2, 0.25) is 0 Å². The zero-order chi connectivity index (χ0) is 11.0. The maximum Gasteiger partial charge on any atom is 0.0443 e. The van der Waals surface area contributed by atoms with Gasteiger partial charge < -0.3 is 5.11 Å². The Balaban J connectivity index is 1.96. The van der Waals surface area contributed by atoms with Crippen LogP contribution in [0, 0.1) is 17.8 Å². The second-order valence-electron chi connectivity index (χ2n) is 5.39. The van der Waals surface area contributed by atoms with E-state index in [4.69, 9.17) is 5.11 Å². The molecule has 0 bridgehead atoms. The van der Waals surface area contributed by atoms with Crippen molar-refractivity contribution in [3.8, 4) is 0 Å². The molecule has 0 aromatic heterocycles. The third-order valence-electron chi connectivity index (χ3n) is 4.14. The number of likely N-dealkylation sites (N-methyl/N-ethyl adjacent to an activating group) is 1. The first-order valence-electron chi connectivity index (χ1n) is 6.15. The first-order valence-corrected chi connectivity index (χ1v) is 6.15. The van der Waals surface area contributed by atoms with Crippen molar-refractivity contribution < 1.29 is 5.11 Å². The summed E-state index contributed by atoms with van der Waals surface area (Å²) < 4.78 is 0. The molecule has 2 aliphatic carbocycles. The van der Waals surface area contributed by atoms with Gasteiger partial charge >= 0.3 is 0 Å². The highest BCUT2D eigenvalue weighted by Crippen LogP contribution is 2.54. The molecule has 86 valence electrons. The smallest absolute Gasteiger partial charge is 0.0443 e. The Labute approximate surface area is 93.0 Å². The highest BCUT2D eigenvalue weighted by atomic mass is 16.3. The van der Waals surface area contributed by atoms with Crippen LogP contribution in [0.5, 0.6) is 0 Å². The summed E-state index contributed by atoms with van der Waals surface area (Å²) >= 11 is 0. The molecule has 0 aromatic carbocycles. The van der Waals surface area contributed by atoms with Gasteiger partial charge in [0.15, 0.2) is 0 Å². The van der Waals surface area contributed by atoms with Gasteiger partial charge in [-0.2, -0.15) is 0 Å². The van der Waals surface area contributed by atoms with Gasteiger partial charge in [-0.3, -0.25) is 4.90 Å². The fourth-order valence-corrected chi connectivity index (χ4v) is 3.33.